The minimum absolute atomic E-state index is 0.372. The van der Waals surface area contributed by atoms with Crippen LogP contribution in [0.3, 0.4) is 0 Å². The number of pyridine rings is 2. The lowest BCUT2D eigenvalue weighted by atomic mass is 10.2. The molecule has 0 N–H and O–H groups in total. The van der Waals surface area contributed by atoms with E-state index in [1.807, 2.05) is 30.3 Å². The number of rotatable bonds is 5. The van der Waals surface area contributed by atoms with Crippen LogP contribution >= 0.6 is 9.24 Å². The van der Waals surface area contributed by atoms with E-state index >= 15 is 0 Å². The first kappa shape index (κ1) is 16.2. The van der Waals surface area contributed by atoms with Crippen LogP contribution in [-0.2, 0) is 0 Å². The molecule has 0 aromatic carbocycles. The molecule has 0 spiro atoms. The fraction of sp³-hybridized carbons (Fsp3) is 0.188. The summed E-state index contributed by atoms with van der Waals surface area (Å²) in [5.41, 5.74) is 3.08. The minimum Gasteiger partial charge on any atom is -0.285 e. The summed E-state index contributed by atoms with van der Waals surface area (Å²) in [6.45, 7) is 2.89. The highest BCUT2D eigenvalue weighted by atomic mass is 31.0. The molecule has 0 fully saturated rings. The van der Waals surface area contributed by atoms with Gasteiger partial charge in [0.15, 0.2) is 0 Å². The summed E-state index contributed by atoms with van der Waals surface area (Å²) in [6, 6.07) is 9.26. The number of aromatic nitrogens is 6. The average Bonchev–Trinajstić information content (AvgIpc) is 2.67. The van der Waals surface area contributed by atoms with Crippen molar-refractivity contribution in [1.29, 1.82) is 0 Å². The van der Waals surface area contributed by atoms with E-state index in [4.69, 9.17) is 0 Å². The van der Waals surface area contributed by atoms with Gasteiger partial charge in [0, 0.05) is 24.5 Å². The Balaban J connectivity index is 1.80. The van der Waals surface area contributed by atoms with Gasteiger partial charge in [0.2, 0.25) is 11.6 Å². The molecule has 3 rings (SSSR count). The summed E-state index contributed by atoms with van der Waals surface area (Å²) >= 11 is 0. The summed E-state index contributed by atoms with van der Waals surface area (Å²) < 4.78 is 0. The van der Waals surface area contributed by atoms with Crippen LogP contribution in [0.4, 0.5) is 0 Å². The van der Waals surface area contributed by atoms with Crippen molar-refractivity contribution in [3.63, 3.8) is 0 Å². The predicted octanol–water partition coefficient (Wildman–Crippen LogP) is 2.42. The molecule has 0 bridgehead atoms. The van der Waals surface area contributed by atoms with E-state index in [2.05, 4.69) is 51.5 Å². The molecule has 0 aliphatic carbocycles. The Morgan fingerprint density at radius 3 is 2.21 bits per heavy atom. The molecule has 7 nitrogen and oxygen atoms in total. The third-order valence-corrected chi connectivity index (χ3v) is 3.68. The van der Waals surface area contributed by atoms with Crippen molar-refractivity contribution in [3.8, 4) is 23.0 Å². The van der Waals surface area contributed by atoms with E-state index in [1.165, 1.54) is 0 Å². The molecular weight excluding hydrogens is 321 g/mol. The normalized spacial score (nSPS) is 11.5. The molecule has 3 aromatic rings. The van der Waals surface area contributed by atoms with Gasteiger partial charge >= 0.3 is 0 Å². The van der Waals surface area contributed by atoms with Crippen molar-refractivity contribution in [2.45, 2.75) is 13.3 Å². The van der Waals surface area contributed by atoms with Crippen molar-refractivity contribution in [2.24, 2.45) is 4.99 Å². The van der Waals surface area contributed by atoms with Gasteiger partial charge in [-0.1, -0.05) is 22.2 Å². The first-order chi connectivity index (χ1) is 11.8. The zero-order chi connectivity index (χ0) is 16.8. The fourth-order valence-electron chi connectivity index (χ4n) is 1.93. The molecule has 0 radical (unpaired) electrons. The standard InChI is InChI=1S/C16H16N7P/c1-2-8-18-16(24)11-6-7-13(19-10-11)15-22-20-14(21-23-15)12-5-3-4-9-17-12/h3-7,9-10H,2,8,24H2,1H3. The van der Waals surface area contributed by atoms with E-state index in [0.717, 1.165) is 24.0 Å². The molecule has 3 heterocycles. The predicted molar refractivity (Wildman–Crippen MR) is 95.5 cm³/mol. The maximum absolute atomic E-state index is 4.44. The lowest BCUT2D eigenvalue weighted by Gasteiger charge is -2.02. The summed E-state index contributed by atoms with van der Waals surface area (Å²) in [6.07, 6.45) is 4.43. The molecule has 3 aromatic heterocycles. The average molecular weight is 337 g/mol. The lowest BCUT2D eigenvalue weighted by Crippen LogP contribution is -2.02. The number of hydrogen-bond donors (Lipinski definition) is 0. The maximum atomic E-state index is 4.44. The fourth-order valence-corrected chi connectivity index (χ4v) is 2.23. The number of aliphatic imine (C=N–C) groups is 1. The smallest absolute Gasteiger partial charge is 0.221 e. The van der Waals surface area contributed by atoms with Crippen molar-refractivity contribution >= 4 is 14.7 Å². The van der Waals surface area contributed by atoms with E-state index < -0.39 is 0 Å². The Bertz CT molecular complexity index is 817. The van der Waals surface area contributed by atoms with E-state index in [0.29, 0.717) is 23.0 Å². The van der Waals surface area contributed by atoms with Crippen molar-refractivity contribution in [3.05, 3.63) is 48.3 Å². The first-order valence-corrected chi connectivity index (χ1v) is 8.11. The highest BCUT2D eigenvalue weighted by Crippen LogP contribution is 2.14. The molecular formula is C16H16N7P. The third-order valence-electron chi connectivity index (χ3n) is 3.17. The zero-order valence-electron chi connectivity index (χ0n) is 13.2. The van der Waals surface area contributed by atoms with Crippen LogP contribution in [0.1, 0.15) is 18.9 Å². The molecule has 8 heteroatoms. The van der Waals surface area contributed by atoms with Gasteiger partial charge < -0.3 is 0 Å². The number of hydrogen-bond acceptors (Lipinski definition) is 7. The molecule has 120 valence electrons. The van der Waals surface area contributed by atoms with E-state index in [-0.39, 0.29) is 0 Å². The Kier molecular flexibility index (Phi) is 5.23. The quantitative estimate of drug-likeness (QED) is 0.525. The van der Waals surface area contributed by atoms with Crippen molar-refractivity contribution < 1.29 is 0 Å². The Morgan fingerprint density at radius 1 is 0.958 bits per heavy atom. The Hall–Kier alpha value is -2.66. The van der Waals surface area contributed by atoms with Gasteiger partial charge in [0.25, 0.3) is 0 Å². The van der Waals surface area contributed by atoms with E-state index in [1.54, 1.807) is 12.4 Å². The molecule has 0 saturated heterocycles. The summed E-state index contributed by atoms with van der Waals surface area (Å²) in [5, 5.41) is 16.3. The van der Waals surface area contributed by atoms with Crippen LogP contribution < -0.4 is 0 Å². The second-order valence-electron chi connectivity index (χ2n) is 4.96. The highest BCUT2D eigenvalue weighted by molar-refractivity contribution is 7.42. The number of nitrogens with zero attached hydrogens (tertiary/aromatic N) is 7. The molecule has 0 saturated carbocycles. The minimum atomic E-state index is 0.372. The van der Waals surface area contributed by atoms with Crippen LogP contribution in [0.5, 0.6) is 0 Å². The van der Waals surface area contributed by atoms with Crippen LogP contribution in [0.2, 0.25) is 0 Å². The molecule has 0 aliphatic rings. The topological polar surface area (TPSA) is 89.7 Å². The van der Waals surface area contributed by atoms with Crippen LogP contribution in [0.25, 0.3) is 23.0 Å². The molecule has 0 aliphatic heterocycles. The summed E-state index contributed by atoms with van der Waals surface area (Å²) in [5.74, 6) is 0.756. The molecule has 1 unspecified atom stereocenters. The van der Waals surface area contributed by atoms with Gasteiger partial charge in [-0.3, -0.25) is 15.0 Å². The Labute approximate surface area is 141 Å². The third kappa shape index (κ3) is 3.81. The lowest BCUT2D eigenvalue weighted by molar-refractivity contribution is 0.865. The largest absolute Gasteiger partial charge is 0.285 e. The van der Waals surface area contributed by atoms with Crippen molar-refractivity contribution in [2.75, 3.05) is 6.54 Å². The SMILES string of the molecule is CCCN=C(P)c1ccc(-c2nnc(-c3ccccn3)nn2)nc1. The molecule has 24 heavy (non-hydrogen) atoms. The van der Waals surface area contributed by atoms with Gasteiger partial charge in [-0.05, 0) is 30.7 Å². The van der Waals surface area contributed by atoms with E-state index in [9.17, 15) is 0 Å². The summed E-state index contributed by atoms with van der Waals surface area (Å²) in [7, 11) is 2.63. The maximum Gasteiger partial charge on any atom is 0.221 e. The van der Waals surface area contributed by atoms with Gasteiger partial charge in [-0.25, -0.2) is 0 Å². The highest BCUT2D eigenvalue weighted by Gasteiger charge is 2.08. The van der Waals surface area contributed by atoms with Gasteiger partial charge in [0.05, 0.1) is 5.45 Å². The molecule has 1 atom stereocenters. The zero-order valence-corrected chi connectivity index (χ0v) is 14.3. The van der Waals surface area contributed by atoms with Gasteiger partial charge in [0.1, 0.15) is 11.4 Å². The first-order valence-electron chi connectivity index (χ1n) is 7.53. The second-order valence-corrected chi connectivity index (χ2v) is 5.51. The van der Waals surface area contributed by atoms with Crippen LogP contribution in [0, 0.1) is 0 Å². The summed E-state index contributed by atoms with van der Waals surface area (Å²) in [4.78, 5) is 13.0. The second kappa shape index (κ2) is 7.75. The van der Waals surface area contributed by atoms with Crippen LogP contribution in [-0.4, -0.2) is 42.4 Å². The van der Waals surface area contributed by atoms with Crippen LogP contribution in [0.15, 0.2) is 47.7 Å². The molecule has 0 amide bonds. The van der Waals surface area contributed by atoms with Gasteiger partial charge in [-0.2, -0.15) is 0 Å². The van der Waals surface area contributed by atoms with Gasteiger partial charge in [-0.15, -0.1) is 20.4 Å². The van der Waals surface area contributed by atoms with Crippen molar-refractivity contribution in [1.82, 2.24) is 30.4 Å². The Morgan fingerprint density at radius 2 is 1.67 bits per heavy atom. The monoisotopic (exact) mass is 337 g/mol.